The van der Waals surface area contributed by atoms with Crippen LogP contribution in [-0.2, 0) is 0 Å². The first kappa shape index (κ1) is 10.7. The Balaban J connectivity index is 2.45. The molecule has 0 unspecified atom stereocenters. The standard InChI is InChI=1S/C10H9BrF2O2/c1-2-10(11)5-14-8-6(12)3-4-7(13)9(8)15-10/h3-4H,2,5H2,1H3/t10-/m0/s1. The third kappa shape index (κ3) is 1.80. The summed E-state index contributed by atoms with van der Waals surface area (Å²) in [5.41, 5.74) is 0. The lowest BCUT2D eigenvalue weighted by molar-refractivity contribution is 0.0581. The van der Waals surface area contributed by atoms with E-state index in [4.69, 9.17) is 9.47 Å². The number of halogens is 3. The van der Waals surface area contributed by atoms with Crippen molar-refractivity contribution in [2.75, 3.05) is 6.61 Å². The molecular formula is C10H9BrF2O2. The van der Waals surface area contributed by atoms with E-state index in [1.54, 1.807) is 0 Å². The molecule has 0 N–H and O–H groups in total. The first-order valence-corrected chi connectivity index (χ1v) is 5.34. The molecule has 0 spiro atoms. The Kier molecular flexibility index (Phi) is 2.58. The summed E-state index contributed by atoms with van der Waals surface area (Å²) in [5.74, 6) is -1.56. The lowest BCUT2D eigenvalue weighted by atomic mass is 10.2. The van der Waals surface area contributed by atoms with E-state index in [2.05, 4.69) is 15.9 Å². The number of benzene rings is 1. The van der Waals surface area contributed by atoms with Crippen molar-refractivity contribution in [3.8, 4) is 11.5 Å². The lowest BCUT2D eigenvalue weighted by Crippen LogP contribution is -2.38. The number of ether oxygens (including phenoxy) is 2. The molecule has 5 heteroatoms. The van der Waals surface area contributed by atoms with Crippen LogP contribution in [0.5, 0.6) is 11.5 Å². The summed E-state index contributed by atoms with van der Waals surface area (Å²) in [6.45, 7) is 2.01. The van der Waals surface area contributed by atoms with Gasteiger partial charge in [0.05, 0.1) is 0 Å². The molecule has 0 fully saturated rings. The maximum absolute atomic E-state index is 13.3. The second-order valence-electron chi connectivity index (χ2n) is 3.31. The van der Waals surface area contributed by atoms with Gasteiger partial charge < -0.3 is 9.47 Å². The molecule has 0 saturated carbocycles. The fourth-order valence-electron chi connectivity index (χ4n) is 1.31. The quantitative estimate of drug-likeness (QED) is 0.735. The van der Waals surface area contributed by atoms with Crippen LogP contribution >= 0.6 is 15.9 Å². The fourth-order valence-corrected chi connectivity index (χ4v) is 1.59. The second-order valence-corrected chi connectivity index (χ2v) is 4.76. The van der Waals surface area contributed by atoms with Crippen LogP contribution in [0, 0.1) is 11.6 Å². The minimum Gasteiger partial charge on any atom is -0.482 e. The van der Waals surface area contributed by atoms with Gasteiger partial charge in [0.25, 0.3) is 0 Å². The normalized spacial score (nSPS) is 24.0. The predicted molar refractivity (Wildman–Crippen MR) is 54.4 cm³/mol. The van der Waals surface area contributed by atoms with Gasteiger partial charge in [0, 0.05) is 0 Å². The van der Waals surface area contributed by atoms with Crippen molar-refractivity contribution >= 4 is 15.9 Å². The van der Waals surface area contributed by atoms with Gasteiger partial charge in [0.2, 0.25) is 5.75 Å². The zero-order valence-electron chi connectivity index (χ0n) is 8.02. The summed E-state index contributed by atoms with van der Waals surface area (Å²) < 4.78 is 36.3. The number of fused-ring (bicyclic) bond motifs is 1. The SMILES string of the molecule is CC[C@@]1(Br)COc2c(F)ccc(F)c2O1. The number of hydrogen-bond donors (Lipinski definition) is 0. The molecule has 1 heterocycles. The Bertz CT molecular complexity index is 397. The molecule has 2 rings (SSSR count). The summed E-state index contributed by atoms with van der Waals surface area (Å²) in [6.07, 6.45) is 0.586. The molecule has 0 amide bonds. The van der Waals surface area contributed by atoms with Gasteiger partial charge in [-0.15, -0.1) is 0 Å². The van der Waals surface area contributed by atoms with E-state index in [1.165, 1.54) is 0 Å². The maximum atomic E-state index is 13.3. The smallest absolute Gasteiger partial charge is 0.202 e. The molecule has 1 aromatic rings. The molecule has 1 aliphatic heterocycles. The Hall–Kier alpha value is -0.840. The minimum absolute atomic E-state index is 0.150. The molecule has 0 radical (unpaired) electrons. The highest BCUT2D eigenvalue weighted by Crippen LogP contribution is 2.42. The predicted octanol–water partition coefficient (Wildman–Crippen LogP) is 3.24. The van der Waals surface area contributed by atoms with Gasteiger partial charge in [0.1, 0.15) is 6.61 Å². The summed E-state index contributed by atoms with van der Waals surface area (Å²) in [7, 11) is 0. The molecule has 82 valence electrons. The molecular weight excluding hydrogens is 270 g/mol. The summed E-state index contributed by atoms with van der Waals surface area (Å²) >= 11 is 3.29. The largest absolute Gasteiger partial charge is 0.482 e. The summed E-state index contributed by atoms with van der Waals surface area (Å²) in [4.78, 5) is 0. The van der Waals surface area contributed by atoms with Crippen LogP contribution in [0.25, 0.3) is 0 Å². The third-order valence-electron chi connectivity index (χ3n) is 2.26. The fraction of sp³-hybridized carbons (Fsp3) is 0.400. The van der Waals surface area contributed by atoms with Gasteiger partial charge in [-0.2, -0.15) is 0 Å². The van der Waals surface area contributed by atoms with Crippen molar-refractivity contribution in [1.82, 2.24) is 0 Å². The van der Waals surface area contributed by atoms with E-state index in [-0.39, 0.29) is 18.1 Å². The van der Waals surface area contributed by atoms with Crippen LogP contribution in [0.2, 0.25) is 0 Å². The number of hydrogen-bond acceptors (Lipinski definition) is 2. The molecule has 1 aliphatic rings. The Morgan fingerprint density at radius 1 is 1.33 bits per heavy atom. The van der Waals surface area contributed by atoms with Gasteiger partial charge in [-0.05, 0) is 34.5 Å². The van der Waals surface area contributed by atoms with Gasteiger partial charge in [0.15, 0.2) is 21.9 Å². The van der Waals surface area contributed by atoms with Gasteiger partial charge in [-0.25, -0.2) is 8.78 Å². The van der Waals surface area contributed by atoms with Crippen molar-refractivity contribution in [1.29, 1.82) is 0 Å². The highest BCUT2D eigenvalue weighted by atomic mass is 79.9. The second kappa shape index (κ2) is 3.63. The van der Waals surface area contributed by atoms with E-state index in [1.807, 2.05) is 6.92 Å². The van der Waals surface area contributed by atoms with Crippen LogP contribution in [0.1, 0.15) is 13.3 Å². The average molecular weight is 279 g/mol. The van der Waals surface area contributed by atoms with Crippen molar-refractivity contribution < 1.29 is 18.3 Å². The molecule has 0 bridgehead atoms. The average Bonchev–Trinajstić information content (AvgIpc) is 2.24. The Labute approximate surface area is 94.3 Å². The maximum Gasteiger partial charge on any atom is 0.202 e. The van der Waals surface area contributed by atoms with Crippen LogP contribution in [-0.4, -0.2) is 11.1 Å². The Morgan fingerprint density at radius 3 is 2.53 bits per heavy atom. The topological polar surface area (TPSA) is 18.5 Å². The highest BCUT2D eigenvalue weighted by Gasteiger charge is 2.36. The van der Waals surface area contributed by atoms with E-state index in [9.17, 15) is 8.78 Å². The first-order chi connectivity index (χ1) is 7.06. The van der Waals surface area contributed by atoms with E-state index in [0.717, 1.165) is 12.1 Å². The van der Waals surface area contributed by atoms with Crippen molar-refractivity contribution in [3.63, 3.8) is 0 Å². The molecule has 15 heavy (non-hydrogen) atoms. The Morgan fingerprint density at radius 2 is 1.93 bits per heavy atom. The third-order valence-corrected chi connectivity index (χ3v) is 3.21. The van der Waals surface area contributed by atoms with Crippen molar-refractivity contribution in [2.45, 2.75) is 17.9 Å². The van der Waals surface area contributed by atoms with Crippen LogP contribution in [0.3, 0.4) is 0 Å². The molecule has 0 aromatic heterocycles. The number of alkyl halides is 1. The van der Waals surface area contributed by atoms with Gasteiger partial charge in [-0.3, -0.25) is 0 Å². The van der Waals surface area contributed by atoms with E-state index < -0.39 is 16.1 Å². The van der Waals surface area contributed by atoms with Crippen LogP contribution < -0.4 is 9.47 Å². The molecule has 0 aliphatic carbocycles. The lowest BCUT2D eigenvalue weighted by Gasteiger charge is -2.33. The minimum atomic E-state index is -0.769. The van der Waals surface area contributed by atoms with Crippen LogP contribution in [0.4, 0.5) is 8.78 Å². The van der Waals surface area contributed by atoms with Gasteiger partial charge >= 0.3 is 0 Å². The molecule has 1 aromatic carbocycles. The first-order valence-electron chi connectivity index (χ1n) is 4.54. The van der Waals surface area contributed by atoms with Crippen LogP contribution in [0.15, 0.2) is 12.1 Å². The summed E-state index contributed by atoms with van der Waals surface area (Å²) in [5, 5.41) is 0. The number of rotatable bonds is 1. The highest BCUT2D eigenvalue weighted by molar-refractivity contribution is 9.10. The zero-order chi connectivity index (χ0) is 11.1. The van der Waals surface area contributed by atoms with Crippen molar-refractivity contribution in [3.05, 3.63) is 23.8 Å². The molecule has 1 atom stereocenters. The van der Waals surface area contributed by atoms with E-state index in [0.29, 0.717) is 6.42 Å². The molecule has 0 saturated heterocycles. The monoisotopic (exact) mass is 278 g/mol. The summed E-state index contributed by atoms with van der Waals surface area (Å²) in [6, 6.07) is 2.04. The zero-order valence-corrected chi connectivity index (χ0v) is 9.61. The van der Waals surface area contributed by atoms with Gasteiger partial charge in [-0.1, -0.05) is 6.92 Å². The van der Waals surface area contributed by atoms with Crippen molar-refractivity contribution in [2.24, 2.45) is 0 Å². The molecule has 2 nitrogen and oxygen atoms in total. The van der Waals surface area contributed by atoms with E-state index >= 15 is 0 Å².